The second kappa shape index (κ2) is 6.86. The second-order valence-corrected chi connectivity index (χ2v) is 5.47. The highest BCUT2D eigenvalue weighted by Gasteiger charge is 2.13. The molecule has 2 aromatic carbocycles. The number of rotatable bonds is 5. The Morgan fingerprint density at radius 1 is 1.25 bits per heavy atom. The van der Waals surface area contributed by atoms with Crippen LogP contribution in [0.1, 0.15) is 17.2 Å². The van der Waals surface area contributed by atoms with E-state index in [0.717, 1.165) is 15.8 Å². The van der Waals surface area contributed by atoms with Crippen molar-refractivity contribution in [2.75, 3.05) is 14.2 Å². The van der Waals surface area contributed by atoms with Gasteiger partial charge in [0.2, 0.25) is 0 Å². The van der Waals surface area contributed by atoms with Crippen molar-refractivity contribution in [3.8, 4) is 5.75 Å². The van der Waals surface area contributed by atoms with Gasteiger partial charge in [0.1, 0.15) is 11.6 Å². The third-order valence-corrected chi connectivity index (χ3v) is 3.78. The van der Waals surface area contributed by atoms with E-state index in [1.165, 1.54) is 6.07 Å². The van der Waals surface area contributed by atoms with Crippen molar-refractivity contribution in [1.29, 1.82) is 0 Å². The van der Waals surface area contributed by atoms with E-state index in [0.29, 0.717) is 12.0 Å². The van der Waals surface area contributed by atoms with Gasteiger partial charge in [0, 0.05) is 10.5 Å². The zero-order chi connectivity index (χ0) is 14.5. The van der Waals surface area contributed by atoms with E-state index in [4.69, 9.17) is 4.74 Å². The number of likely N-dealkylation sites (N-methyl/N-ethyl adjacent to an activating group) is 1. The van der Waals surface area contributed by atoms with Gasteiger partial charge in [-0.15, -0.1) is 0 Å². The Morgan fingerprint density at radius 2 is 2.05 bits per heavy atom. The highest BCUT2D eigenvalue weighted by molar-refractivity contribution is 9.10. The molecule has 0 radical (unpaired) electrons. The molecule has 0 bridgehead atoms. The molecule has 0 aromatic heterocycles. The van der Waals surface area contributed by atoms with Crippen LogP contribution >= 0.6 is 15.9 Å². The molecule has 2 aromatic rings. The molecule has 0 spiro atoms. The fourth-order valence-corrected chi connectivity index (χ4v) is 2.49. The fraction of sp³-hybridized carbons (Fsp3) is 0.250. The van der Waals surface area contributed by atoms with Crippen LogP contribution in [-0.4, -0.2) is 14.2 Å². The molecule has 1 atom stereocenters. The van der Waals surface area contributed by atoms with E-state index in [9.17, 15) is 4.39 Å². The Hall–Kier alpha value is -1.39. The lowest BCUT2D eigenvalue weighted by Crippen LogP contribution is -2.19. The van der Waals surface area contributed by atoms with E-state index in [1.807, 2.05) is 43.4 Å². The van der Waals surface area contributed by atoms with Crippen molar-refractivity contribution in [3.05, 3.63) is 63.9 Å². The molecule has 2 nitrogen and oxygen atoms in total. The lowest BCUT2D eigenvalue weighted by Gasteiger charge is -2.18. The van der Waals surface area contributed by atoms with Crippen molar-refractivity contribution in [2.24, 2.45) is 0 Å². The lowest BCUT2D eigenvalue weighted by atomic mass is 9.98. The van der Waals surface area contributed by atoms with Gasteiger partial charge in [-0.2, -0.15) is 0 Å². The Labute approximate surface area is 127 Å². The van der Waals surface area contributed by atoms with Crippen LogP contribution < -0.4 is 10.1 Å². The summed E-state index contributed by atoms with van der Waals surface area (Å²) in [6.45, 7) is 0. The molecule has 0 amide bonds. The Bertz CT molecular complexity index is 588. The molecular formula is C16H17BrFNO. The molecule has 0 heterocycles. The van der Waals surface area contributed by atoms with Crippen LogP contribution in [0.3, 0.4) is 0 Å². The molecule has 20 heavy (non-hydrogen) atoms. The maximum atomic E-state index is 13.9. The van der Waals surface area contributed by atoms with Crippen LogP contribution in [0.15, 0.2) is 46.9 Å². The molecule has 4 heteroatoms. The highest BCUT2D eigenvalue weighted by Crippen LogP contribution is 2.24. The standard InChI is InChI=1S/C16H17BrFNO/c1-19-16(12-4-3-5-14(8-12)20-2)9-11-6-7-13(17)10-15(11)18/h3-8,10,16,19H,9H2,1-2H3. The molecule has 0 aliphatic heterocycles. The van der Waals surface area contributed by atoms with Gasteiger partial charge >= 0.3 is 0 Å². The summed E-state index contributed by atoms with van der Waals surface area (Å²) in [7, 11) is 3.52. The molecule has 1 unspecified atom stereocenters. The monoisotopic (exact) mass is 337 g/mol. The first-order valence-corrected chi connectivity index (χ1v) is 7.18. The normalized spacial score (nSPS) is 12.2. The van der Waals surface area contributed by atoms with Crippen LogP contribution in [0.2, 0.25) is 0 Å². The molecule has 0 saturated heterocycles. The molecule has 0 saturated carbocycles. The summed E-state index contributed by atoms with van der Waals surface area (Å²) in [5.41, 5.74) is 1.77. The Balaban J connectivity index is 2.23. The summed E-state index contributed by atoms with van der Waals surface area (Å²) in [5.74, 6) is 0.613. The summed E-state index contributed by atoms with van der Waals surface area (Å²) in [6, 6.07) is 13.0. The minimum atomic E-state index is -0.192. The average Bonchev–Trinajstić information content (AvgIpc) is 2.46. The molecule has 0 aliphatic carbocycles. The SMILES string of the molecule is CNC(Cc1ccc(Br)cc1F)c1cccc(OC)c1. The van der Waals surface area contributed by atoms with Crippen molar-refractivity contribution in [1.82, 2.24) is 5.32 Å². The van der Waals surface area contributed by atoms with Crippen LogP contribution in [0.4, 0.5) is 4.39 Å². The first kappa shape index (κ1) is 15.0. The van der Waals surface area contributed by atoms with Gasteiger partial charge in [-0.1, -0.05) is 34.1 Å². The van der Waals surface area contributed by atoms with E-state index in [1.54, 1.807) is 7.11 Å². The fourth-order valence-electron chi connectivity index (χ4n) is 2.15. The maximum absolute atomic E-state index is 13.9. The first-order valence-electron chi connectivity index (χ1n) is 6.39. The topological polar surface area (TPSA) is 21.3 Å². The number of nitrogens with one attached hydrogen (secondary N) is 1. The minimum absolute atomic E-state index is 0.0424. The van der Waals surface area contributed by atoms with Crippen LogP contribution in [0, 0.1) is 5.82 Å². The summed E-state index contributed by atoms with van der Waals surface area (Å²) < 4.78 is 19.9. The first-order chi connectivity index (χ1) is 9.63. The van der Waals surface area contributed by atoms with Crippen molar-refractivity contribution < 1.29 is 9.13 Å². The summed E-state index contributed by atoms with van der Waals surface area (Å²) in [4.78, 5) is 0. The molecule has 1 N–H and O–H groups in total. The van der Waals surface area contributed by atoms with E-state index < -0.39 is 0 Å². The number of ether oxygens (including phenoxy) is 1. The number of hydrogen-bond donors (Lipinski definition) is 1. The average molecular weight is 338 g/mol. The predicted octanol–water partition coefficient (Wildman–Crippen LogP) is 4.10. The third kappa shape index (κ3) is 3.58. The lowest BCUT2D eigenvalue weighted by molar-refractivity contribution is 0.413. The smallest absolute Gasteiger partial charge is 0.127 e. The number of hydrogen-bond acceptors (Lipinski definition) is 2. The highest BCUT2D eigenvalue weighted by atomic mass is 79.9. The zero-order valence-electron chi connectivity index (χ0n) is 11.5. The predicted molar refractivity (Wildman–Crippen MR) is 82.6 cm³/mol. The van der Waals surface area contributed by atoms with Gasteiger partial charge in [0.05, 0.1) is 7.11 Å². The van der Waals surface area contributed by atoms with Gasteiger partial charge in [-0.25, -0.2) is 4.39 Å². The van der Waals surface area contributed by atoms with Crippen LogP contribution in [0.25, 0.3) is 0 Å². The van der Waals surface area contributed by atoms with Crippen LogP contribution in [-0.2, 0) is 6.42 Å². The molecule has 106 valence electrons. The van der Waals surface area contributed by atoms with E-state index in [-0.39, 0.29) is 11.9 Å². The Kier molecular flexibility index (Phi) is 5.15. The minimum Gasteiger partial charge on any atom is -0.497 e. The van der Waals surface area contributed by atoms with Crippen LogP contribution in [0.5, 0.6) is 5.75 Å². The molecular weight excluding hydrogens is 321 g/mol. The maximum Gasteiger partial charge on any atom is 0.127 e. The molecule has 0 fully saturated rings. The third-order valence-electron chi connectivity index (χ3n) is 3.28. The van der Waals surface area contributed by atoms with Gasteiger partial charge < -0.3 is 10.1 Å². The number of benzene rings is 2. The van der Waals surface area contributed by atoms with E-state index >= 15 is 0 Å². The Morgan fingerprint density at radius 3 is 2.70 bits per heavy atom. The largest absolute Gasteiger partial charge is 0.497 e. The van der Waals surface area contributed by atoms with Gasteiger partial charge in [0.15, 0.2) is 0 Å². The number of halogens is 2. The van der Waals surface area contributed by atoms with Crippen molar-refractivity contribution >= 4 is 15.9 Å². The van der Waals surface area contributed by atoms with Gasteiger partial charge in [-0.05, 0) is 48.9 Å². The molecule has 0 aliphatic rings. The van der Waals surface area contributed by atoms with Gasteiger partial charge in [-0.3, -0.25) is 0 Å². The summed E-state index contributed by atoms with van der Waals surface area (Å²) in [6.07, 6.45) is 0.586. The summed E-state index contributed by atoms with van der Waals surface area (Å²) in [5, 5.41) is 3.23. The van der Waals surface area contributed by atoms with Gasteiger partial charge in [0.25, 0.3) is 0 Å². The van der Waals surface area contributed by atoms with Crippen molar-refractivity contribution in [3.63, 3.8) is 0 Å². The zero-order valence-corrected chi connectivity index (χ0v) is 13.1. The molecule has 2 rings (SSSR count). The van der Waals surface area contributed by atoms with Crippen molar-refractivity contribution in [2.45, 2.75) is 12.5 Å². The quantitative estimate of drug-likeness (QED) is 0.886. The summed E-state index contributed by atoms with van der Waals surface area (Å²) >= 11 is 3.27. The number of methoxy groups -OCH3 is 1. The second-order valence-electron chi connectivity index (χ2n) is 4.56. The van der Waals surface area contributed by atoms with E-state index in [2.05, 4.69) is 21.2 Å².